The second-order valence-electron chi connectivity index (χ2n) is 15.1. The number of fused-ring (bicyclic) bond motifs is 4. The summed E-state index contributed by atoms with van der Waals surface area (Å²) in [5.74, 6) is -1.65. The van der Waals surface area contributed by atoms with Crippen LogP contribution in [0.2, 0.25) is 18.1 Å². The van der Waals surface area contributed by atoms with Crippen LogP contribution in [0.25, 0.3) is 11.2 Å². The zero-order chi connectivity index (χ0) is 39.4. The van der Waals surface area contributed by atoms with Gasteiger partial charge in [0, 0.05) is 24.1 Å². The van der Waals surface area contributed by atoms with E-state index in [1.165, 1.54) is 29.5 Å². The van der Waals surface area contributed by atoms with Crippen molar-refractivity contribution in [2.24, 2.45) is 11.8 Å². The summed E-state index contributed by atoms with van der Waals surface area (Å²) in [6.45, 7) is 4.20. The number of aromatic nitrogens is 6. The highest BCUT2D eigenvalue weighted by Gasteiger charge is 2.55. The number of rotatable bonds is 7. The van der Waals surface area contributed by atoms with Crippen LogP contribution in [-0.2, 0) is 55.7 Å². The molecule has 2 aliphatic heterocycles. The Hall–Kier alpha value is -2.17. The first-order chi connectivity index (χ1) is 25.1. The number of alkyl halides is 1. The van der Waals surface area contributed by atoms with Crippen molar-refractivity contribution < 1.29 is 51.0 Å². The number of nitrogens with one attached hydrogen (secondary N) is 2. The zero-order valence-corrected chi connectivity index (χ0v) is 34.9. The summed E-state index contributed by atoms with van der Waals surface area (Å²) >= 11 is 10.9. The van der Waals surface area contributed by atoms with Crippen molar-refractivity contribution in [2.75, 3.05) is 18.5 Å². The Bertz CT molecular complexity index is 2010. The monoisotopic (exact) mass is 851 g/mol. The number of hydrogen-bond donors (Lipinski definition) is 4. The maximum atomic E-state index is 16.0. The number of H-pyrrole nitrogens is 1. The number of ether oxygens (including phenoxy) is 2. The van der Waals surface area contributed by atoms with Crippen LogP contribution in [-0.4, -0.2) is 103 Å². The number of aromatic amines is 1. The van der Waals surface area contributed by atoms with Crippen LogP contribution in [0, 0.1) is 11.8 Å². The molecule has 6 rings (SSSR count). The van der Waals surface area contributed by atoms with E-state index in [9.17, 15) is 19.4 Å². The molecule has 54 heavy (non-hydrogen) atoms. The number of halogens is 1. The normalized spacial score (nSPS) is 33.8. The maximum Gasteiger partial charge on any atom is 0.325 e. The van der Waals surface area contributed by atoms with Crippen molar-refractivity contribution in [1.29, 1.82) is 0 Å². The molecule has 3 fully saturated rings. The molecule has 0 aromatic carbocycles. The van der Waals surface area contributed by atoms with E-state index < -0.39 is 88.7 Å². The molecule has 3 aromatic rings. The van der Waals surface area contributed by atoms with Gasteiger partial charge in [0.2, 0.25) is 17.7 Å². The molecule has 4 N–H and O–H groups in total. The van der Waals surface area contributed by atoms with Crippen molar-refractivity contribution in [3.63, 3.8) is 0 Å². The van der Waals surface area contributed by atoms with Crippen LogP contribution in [0.1, 0.15) is 47.3 Å². The highest BCUT2D eigenvalue weighted by atomic mass is 32.5. The molecule has 2 unspecified atom stereocenters. The van der Waals surface area contributed by atoms with E-state index in [4.69, 9.17) is 55.6 Å². The Labute approximate surface area is 321 Å². The molecule has 3 aliphatic rings. The molecule has 2 saturated heterocycles. The fraction of sp³-hybridized carbons (Fsp3) is 0.667. The van der Waals surface area contributed by atoms with E-state index in [1.54, 1.807) is 13.8 Å². The molecule has 10 atom stereocenters. The summed E-state index contributed by atoms with van der Waals surface area (Å²) in [4.78, 5) is 67.6. The Morgan fingerprint density at radius 1 is 1.15 bits per heavy atom. The third-order valence-corrected chi connectivity index (χ3v) is 17.4. The summed E-state index contributed by atoms with van der Waals surface area (Å²) in [7, 11) is -2.69. The first-order valence-electron chi connectivity index (χ1n) is 17.1. The fourth-order valence-corrected chi connectivity index (χ4v) is 10.2. The van der Waals surface area contributed by atoms with Gasteiger partial charge in [-0.05, 0) is 48.2 Å². The van der Waals surface area contributed by atoms with Gasteiger partial charge in [-0.25, -0.2) is 19.3 Å². The minimum atomic E-state index is -4.23. The summed E-state index contributed by atoms with van der Waals surface area (Å²) in [5.41, 5.74) is -0.718. The Kier molecular flexibility index (Phi) is 12.0. The van der Waals surface area contributed by atoms with Crippen molar-refractivity contribution in [3.05, 3.63) is 35.3 Å². The number of amides is 1. The summed E-state index contributed by atoms with van der Waals surface area (Å²) in [6.07, 6.45) is -4.90. The topological polar surface area (TPSA) is 224 Å². The lowest BCUT2D eigenvalue weighted by molar-refractivity contribution is -0.118. The van der Waals surface area contributed by atoms with Crippen molar-refractivity contribution in [1.82, 2.24) is 29.5 Å². The molecule has 1 aliphatic carbocycles. The van der Waals surface area contributed by atoms with Crippen molar-refractivity contribution >= 4 is 68.4 Å². The van der Waals surface area contributed by atoms with Crippen LogP contribution in [0.4, 0.5) is 10.3 Å². The van der Waals surface area contributed by atoms with Crippen LogP contribution in [0.3, 0.4) is 0 Å². The lowest BCUT2D eigenvalue weighted by Gasteiger charge is -2.40. The van der Waals surface area contributed by atoms with Crippen molar-refractivity contribution in [3.8, 4) is 5.88 Å². The molecule has 18 nitrogen and oxygen atoms in total. The fourth-order valence-electron chi connectivity index (χ4n) is 5.95. The lowest BCUT2D eigenvalue weighted by Crippen LogP contribution is -2.50. The first-order valence-corrected chi connectivity index (χ1v) is 25.2. The second kappa shape index (κ2) is 15.6. The molecule has 24 heteroatoms. The van der Waals surface area contributed by atoms with Gasteiger partial charge >= 0.3 is 13.4 Å². The minimum absolute atomic E-state index is 0.00505. The molecule has 1 saturated carbocycles. The van der Waals surface area contributed by atoms with Crippen LogP contribution in [0.15, 0.2) is 29.7 Å². The lowest BCUT2D eigenvalue weighted by atomic mass is 10.1. The van der Waals surface area contributed by atoms with Gasteiger partial charge in [0.1, 0.15) is 36.8 Å². The van der Waals surface area contributed by atoms with Gasteiger partial charge in [0.25, 0.3) is 5.56 Å². The third-order valence-electron chi connectivity index (χ3n) is 9.85. The van der Waals surface area contributed by atoms with E-state index >= 15 is 4.39 Å². The van der Waals surface area contributed by atoms with Crippen LogP contribution < -0.4 is 15.6 Å². The molecule has 1 amide bonds. The van der Waals surface area contributed by atoms with Gasteiger partial charge < -0.3 is 37.3 Å². The summed E-state index contributed by atoms with van der Waals surface area (Å²) in [5, 5.41) is 2.25. The molecule has 3 aromatic heterocycles. The van der Waals surface area contributed by atoms with Gasteiger partial charge in [-0.3, -0.25) is 29.0 Å². The Morgan fingerprint density at radius 2 is 1.83 bits per heavy atom. The van der Waals surface area contributed by atoms with E-state index in [2.05, 4.69) is 30.2 Å². The first kappa shape index (κ1) is 41.5. The predicted molar refractivity (Wildman–Crippen MR) is 202 cm³/mol. The third kappa shape index (κ3) is 9.01. The van der Waals surface area contributed by atoms with Gasteiger partial charge in [0.05, 0.1) is 19.5 Å². The van der Waals surface area contributed by atoms with E-state index in [0.717, 1.165) is 0 Å². The zero-order valence-electron chi connectivity index (χ0n) is 30.5. The number of carbonyl (C=O) groups excluding carboxylic acids is 1. The average Bonchev–Trinajstić information content (AvgIpc) is 3.72. The smallest absolute Gasteiger partial charge is 0.325 e. The van der Waals surface area contributed by atoms with Gasteiger partial charge in [0.15, 0.2) is 31.9 Å². The van der Waals surface area contributed by atoms with E-state index in [1.807, 2.05) is 33.9 Å². The number of nitrogens with zero attached hydrogens (tertiary/aromatic N) is 5. The molecule has 0 radical (unpaired) electrons. The molecular weight excluding hydrogens is 808 g/mol. The quantitative estimate of drug-likeness (QED) is 0.196. The highest BCUT2D eigenvalue weighted by molar-refractivity contribution is 8.07. The molecular formula is C30H44FN7O11P2S2Si. The van der Waals surface area contributed by atoms with Crippen molar-refractivity contribution in [2.45, 2.75) is 102 Å². The Balaban J connectivity index is 1.38. The largest absolute Gasteiger partial charge is 0.471 e. The standard InChI is InChI=1S/C30H44FN7O11P2S2Si/c1-15(2)26(39)36-29-35-25-21(27(40)37-29)34-14-38(25)28-24-23(49-54(6,7)30(3,4)5)18(46-28)12-44-51(42,53)47-22-16(11-43-50(41,52)48-24)10-17(20(22)31)45-19-8-9-32-13-33-19/h8-9,13-18,20,22-24,28H,10-12H2,1-7H3,(H,41,52)(H,42,53)(H2,35,36,37,39,40)/t16-,17-,18-,20+,22-,23-,24-,28-,50?,51?/m1/s1. The van der Waals surface area contributed by atoms with Gasteiger partial charge in [-0.15, -0.1) is 0 Å². The molecule has 298 valence electrons. The Morgan fingerprint density at radius 3 is 2.48 bits per heavy atom. The average molecular weight is 852 g/mol. The predicted octanol–water partition coefficient (Wildman–Crippen LogP) is 3.85. The molecule has 5 heterocycles. The minimum Gasteiger partial charge on any atom is -0.471 e. The number of anilines is 1. The van der Waals surface area contributed by atoms with Crippen LogP contribution in [0.5, 0.6) is 5.88 Å². The molecule has 0 spiro atoms. The highest BCUT2D eigenvalue weighted by Crippen LogP contribution is 2.55. The van der Waals surface area contributed by atoms with E-state index in [0.29, 0.717) is 0 Å². The van der Waals surface area contributed by atoms with Gasteiger partial charge in [-0.1, -0.05) is 34.6 Å². The number of carbonyl (C=O) groups is 1. The van der Waals surface area contributed by atoms with Gasteiger partial charge in [-0.2, -0.15) is 4.98 Å². The second-order valence-corrected chi connectivity index (χ2v) is 25.4. The number of hydrogen-bond acceptors (Lipinski definition) is 15. The van der Waals surface area contributed by atoms with E-state index in [-0.39, 0.29) is 47.0 Å². The van der Waals surface area contributed by atoms with Crippen LogP contribution >= 0.6 is 13.4 Å². The molecule has 2 bridgehead atoms. The summed E-state index contributed by atoms with van der Waals surface area (Å²) in [6, 6.07) is 1.46. The summed E-state index contributed by atoms with van der Waals surface area (Å²) < 4.78 is 60.4. The number of imidazole rings is 1. The maximum absolute atomic E-state index is 16.0. The SMILES string of the molecule is CC(C)C(=O)Nc1nc2c(ncn2[C@@H]2O[C@@H]3COP(O)(=S)O[C@@H]4[C@@H](COP(O)(=S)O[C@@H]2[C@@H]3O[Si](C)(C)C(C)(C)C)C[C@@H](Oc2ccncn2)[C@@H]4F)c(=O)[nH]1.